The lowest BCUT2D eigenvalue weighted by Gasteiger charge is -2.50. The highest BCUT2D eigenvalue weighted by atomic mass is 19.4. The van der Waals surface area contributed by atoms with E-state index < -0.39 is 55.0 Å². The summed E-state index contributed by atoms with van der Waals surface area (Å²) in [6.45, 7) is -0.841. The first-order chi connectivity index (χ1) is 17.6. The molecule has 0 radical (unpaired) electrons. The van der Waals surface area contributed by atoms with Crippen molar-refractivity contribution < 1.29 is 31.4 Å². The molecule has 0 spiro atoms. The van der Waals surface area contributed by atoms with Crippen molar-refractivity contribution >= 4 is 5.69 Å². The molecule has 0 aliphatic carbocycles. The number of benzene rings is 3. The number of rotatable bonds is 7. The molecular formula is C27H27F6N3O. The van der Waals surface area contributed by atoms with E-state index in [1.54, 1.807) is 30.3 Å². The number of piperazine rings is 1. The lowest BCUT2D eigenvalue weighted by Crippen LogP contribution is -2.68. The summed E-state index contributed by atoms with van der Waals surface area (Å²) in [6, 6.07) is 17.0. The third-order valence-electron chi connectivity index (χ3n) is 6.54. The minimum atomic E-state index is -4.98. The van der Waals surface area contributed by atoms with Gasteiger partial charge in [-0.05, 0) is 23.3 Å². The first-order valence-corrected chi connectivity index (χ1v) is 11.8. The van der Waals surface area contributed by atoms with Crippen LogP contribution in [-0.2, 0) is 6.54 Å². The van der Waals surface area contributed by atoms with E-state index in [4.69, 9.17) is 0 Å². The van der Waals surface area contributed by atoms with Crippen LogP contribution in [0, 0.1) is 0 Å². The van der Waals surface area contributed by atoms with Gasteiger partial charge in [-0.15, -0.1) is 0 Å². The molecule has 4 rings (SSSR count). The van der Waals surface area contributed by atoms with Crippen molar-refractivity contribution in [1.29, 1.82) is 0 Å². The topological polar surface area (TPSA) is 38.7 Å². The molecule has 0 saturated carbocycles. The molecule has 2 N–H and O–H groups in total. The summed E-state index contributed by atoms with van der Waals surface area (Å²) < 4.78 is 86.1. The van der Waals surface area contributed by atoms with Crippen LogP contribution >= 0.6 is 0 Å². The lowest BCUT2D eigenvalue weighted by atomic mass is 9.97. The second kappa shape index (κ2) is 11.0. The Hall–Kier alpha value is -3.24. The van der Waals surface area contributed by atoms with Gasteiger partial charge in [0.05, 0.1) is 5.69 Å². The van der Waals surface area contributed by atoms with Crippen molar-refractivity contribution in [2.45, 2.75) is 37.0 Å². The first kappa shape index (κ1) is 26.8. The number of anilines is 1. The monoisotopic (exact) mass is 523 g/mol. The second-order valence-electron chi connectivity index (χ2n) is 9.01. The van der Waals surface area contributed by atoms with E-state index in [-0.39, 0.29) is 11.4 Å². The van der Waals surface area contributed by atoms with Gasteiger partial charge < -0.3 is 15.3 Å². The zero-order valence-electron chi connectivity index (χ0n) is 19.8. The van der Waals surface area contributed by atoms with E-state index in [9.17, 15) is 31.4 Å². The molecule has 1 aliphatic rings. The molecular weight excluding hydrogens is 496 g/mol. The molecule has 0 aromatic heterocycles. The maximum atomic E-state index is 14.3. The van der Waals surface area contributed by atoms with E-state index in [0.29, 0.717) is 12.1 Å². The number of para-hydroxylation sites is 2. The summed E-state index contributed by atoms with van der Waals surface area (Å²) in [5.74, 6) is -0.636. The summed E-state index contributed by atoms with van der Waals surface area (Å²) in [5, 5.41) is 13.4. The molecule has 3 aromatic carbocycles. The third kappa shape index (κ3) is 6.37. The number of hydrogen-bond acceptors (Lipinski definition) is 4. The second-order valence-corrected chi connectivity index (χ2v) is 9.01. The van der Waals surface area contributed by atoms with Crippen molar-refractivity contribution in [1.82, 2.24) is 10.2 Å². The summed E-state index contributed by atoms with van der Waals surface area (Å²) >= 11 is 0. The van der Waals surface area contributed by atoms with Gasteiger partial charge in [-0.1, -0.05) is 72.8 Å². The van der Waals surface area contributed by atoms with E-state index in [2.05, 4.69) is 5.32 Å². The van der Waals surface area contributed by atoms with E-state index >= 15 is 0 Å². The van der Waals surface area contributed by atoms with Crippen LogP contribution in [0.25, 0.3) is 0 Å². The van der Waals surface area contributed by atoms with E-state index in [1.807, 2.05) is 30.3 Å². The molecule has 3 atom stereocenters. The zero-order chi connectivity index (χ0) is 26.6. The van der Waals surface area contributed by atoms with Crippen molar-refractivity contribution in [2.24, 2.45) is 0 Å². The minimum Gasteiger partial charge on any atom is -0.506 e. The average molecular weight is 524 g/mol. The van der Waals surface area contributed by atoms with E-state index in [1.165, 1.54) is 17.0 Å². The molecule has 1 aliphatic heterocycles. The van der Waals surface area contributed by atoms with Crippen LogP contribution in [0.4, 0.5) is 32.0 Å². The van der Waals surface area contributed by atoms with E-state index in [0.717, 1.165) is 17.7 Å². The molecule has 0 bridgehead atoms. The number of alkyl halides is 6. The van der Waals surface area contributed by atoms with Gasteiger partial charge in [0.1, 0.15) is 17.8 Å². The first-order valence-electron chi connectivity index (χ1n) is 11.8. The number of phenols is 1. The number of halogens is 6. The van der Waals surface area contributed by atoms with Crippen LogP contribution in [0.3, 0.4) is 0 Å². The van der Waals surface area contributed by atoms with Crippen LogP contribution in [0.5, 0.6) is 5.75 Å². The molecule has 1 fully saturated rings. The number of nitrogens with zero attached hydrogens (tertiary/aromatic N) is 2. The zero-order valence-corrected chi connectivity index (χ0v) is 19.8. The Labute approximate surface area is 211 Å². The fraction of sp³-hybridized carbons (Fsp3) is 0.333. The normalized spacial score (nSPS) is 20.1. The summed E-state index contributed by atoms with van der Waals surface area (Å²) in [5.41, 5.74) is 1.06. The summed E-state index contributed by atoms with van der Waals surface area (Å²) in [4.78, 5) is 1.53. The van der Waals surface area contributed by atoms with Crippen molar-refractivity contribution in [3.8, 4) is 5.75 Å². The van der Waals surface area contributed by atoms with Crippen molar-refractivity contribution in [2.75, 3.05) is 24.5 Å². The Bertz CT molecular complexity index is 1120. The standard InChI is InChI=1S/C27H27F6N3O/c28-26(29,30)24-17-35(18-25(27(31,32)33)36(24)21-13-7-8-14-23(21)37)22(20-11-5-2-6-12-20)16-34-15-19-9-3-1-4-10-19/h1-14,22,24-25,34,37H,15-18H2. The molecule has 3 unspecified atom stereocenters. The predicted octanol–water partition coefficient (Wildman–Crippen LogP) is 5.91. The number of hydrogen-bond donors (Lipinski definition) is 2. The van der Waals surface area contributed by atoms with Crippen LogP contribution in [0.1, 0.15) is 17.2 Å². The van der Waals surface area contributed by atoms with Crippen LogP contribution in [0.15, 0.2) is 84.9 Å². The fourth-order valence-corrected chi connectivity index (χ4v) is 4.79. The third-order valence-corrected chi connectivity index (χ3v) is 6.54. The number of phenolic OH excluding ortho intramolecular Hbond substituents is 1. The maximum absolute atomic E-state index is 14.3. The number of nitrogens with one attached hydrogen (secondary N) is 1. The van der Waals surface area contributed by atoms with Crippen LogP contribution in [-0.4, -0.2) is 54.1 Å². The Balaban J connectivity index is 1.69. The predicted molar refractivity (Wildman–Crippen MR) is 129 cm³/mol. The highest BCUT2D eigenvalue weighted by Crippen LogP contribution is 2.43. The summed E-state index contributed by atoms with van der Waals surface area (Å²) in [6.07, 6.45) is -9.97. The number of aromatic hydroxyl groups is 1. The van der Waals surface area contributed by atoms with Crippen LogP contribution < -0.4 is 10.2 Å². The van der Waals surface area contributed by atoms with Gasteiger partial charge in [0, 0.05) is 32.2 Å². The van der Waals surface area contributed by atoms with Crippen molar-refractivity contribution in [3.63, 3.8) is 0 Å². The largest absolute Gasteiger partial charge is 0.506 e. The molecule has 4 nitrogen and oxygen atoms in total. The van der Waals surface area contributed by atoms with Crippen molar-refractivity contribution in [3.05, 3.63) is 96.1 Å². The smallest absolute Gasteiger partial charge is 0.410 e. The molecule has 0 amide bonds. The average Bonchev–Trinajstić information content (AvgIpc) is 2.86. The minimum absolute atomic E-state index is 0.144. The maximum Gasteiger partial charge on any atom is 0.410 e. The van der Waals surface area contributed by atoms with Gasteiger partial charge >= 0.3 is 12.4 Å². The Morgan fingerprint density at radius 1 is 0.757 bits per heavy atom. The van der Waals surface area contributed by atoms with Gasteiger partial charge in [0.25, 0.3) is 0 Å². The Morgan fingerprint density at radius 2 is 1.27 bits per heavy atom. The molecule has 3 aromatic rings. The Kier molecular flexibility index (Phi) is 7.99. The van der Waals surface area contributed by atoms with Gasteiger partial charge in [-0.3, -0.25) is 4.90 Å². The van der Waals surface area contributed by atoms with Gasteiger partial charge in [0.15, 0.2) is 0 Å². The molecule has 37 heavy (non-hydrogen) atoms. The molecule has 1 saturated heterocycles. The van der Waals surface area contributed by atoms with Gasteiger partial charge in [0.2, 0.25) is 0 Å². The van der Waals surface area contributed by atoms with Gasteiger partial charge in [-0.25, -0.2) is 0 Å². The molecule has 1 heterocycles. The lowest BCUT2D eigenvalue weighted by molar-refractivity contribution is -0.193. The highest BCUT2D eigenvalue weighted by molar-refractivity contribution is 5.60. The molecule has 198 valence electrons. The highest BCUT2D eigenvalue weighted by Gasteiger charge is 2.57. The fourth-order valence-electron chi connectivity index (χ4n) is 4.79. The molecule has 10 heteroatoms. The van der Waals surface area contributed by atoms with Crippen LogP contribution in [0.2, 0.25) is 0 Å². The SMILES string of the molecule is Oc1ccccc1N1C(C(F)(F)F)CN(C(CNCc2ccccc2)c2ccccc2)CC1C(F)(F)F. The van der Waals surface area contributed by atoms with Gasteiger partial charge in [-0.2, -0.15) is 26.3 Å². The Morgan fingerprint density at radius 3 is 1.81 bits per heavy atom. The summed E-state index contributed by atoms with van der Waals surface area (Å²) in [7, 11) is 0. The quantitative estimate of drug-likeness (QED) is 0.378.